The first kappa shape index (κ1) is 17.8. The summed E-state index contributed by atoms with van der Waals surface area (Å²) in [5.74, 6) is -3.58. The third-order valence-corrected chi connectivity index (χ3v) is 4.48. The van der Waals surface area contributed by atoms with Crippen LogP contribution in [0.3, 0.4) is 0 Å². The van der Waals surface area contributed by atoms with Crippen molar-refractivity contribution in [3.8, 4) is 5.75 Å². The zero-order valence-electron chi connectivity index (χ0n) is 14.4. The van der Waals surface area contributed by atoms with Gasteiger partial charge in [0.1, 0.15) is 17.4 Å². The molecule has 0 saturated heterocycles. The van der Waals surface area contributed by atoms with E-state index >= 15 is 0 Å². The Bertz CT molecular complexity index is 897. The van der Waals surface area contributed by atoms with Crippen molar-refractivity contribution in [2.75, 3.05) is 12.4 Å². The molecule has 0 unspecified atom stereocenters. The molecule has 7 heteroatoms. The van der Waals surface area contributed by atoms with E-state index in [9.17, 15) is 18.4 Å². The molecule has 26 heavy (non-hydrogen) atoms. The standard InChI is InChI=1S/C19H17F2NO4/c1-9-10(2)26-17-12(9)5-4-6-13(17)18(23)22-11-7-14(19(24)25-3)16(21)15(20)8-11/h4-10H,1-3H3,(H,22,23)/t9-,10-/m0/s1. The molecule has 1 N–H and O–H groups in total. The van der Waals surface area contributed by atoms with Gasteiger partial charge in [0.25, 0.3) is 5.91 Å². The van der Waals surface area contributed by atoms with Gasteiger partial charge in [0.15, 0.2) is 11.6 Å². The van der Waals surface area contributed by atoms with Crippen LogP contribution < -0.4 is 10.1 Å². The van der Waals surface area contributed by atoms with Crippen LogP contribution in [0.1, 0.15) is 46.0 Å². The molecule has 5 nitrogen and oxygen atoms in total. The van der Waals surface area contributed by atoms with Gasteiger partial charge >= 0.3 is 5.97 Å². The summed E-state index contributed by atoms with van der Waals surface area (Å²) in [6, 6.07) is 7.02. The maximum absolute atomic E-state index is 13.8. The normalized spacial score (nSPS) is 18.0. The third kappa shape index (κ3) is 3.00. The molecule has 0 aromatic heterocycles. The highest BCUT2D eigenvalue weighted by atomic mass is 19.2. The van der Waals surface area contributed by atoms with Gasteiger partial charge < -0.3 is 14.8 Å². The third-order valence-electron chi connectivity index (χ3n) is 4.48. The molecule has 1 heterocycles. The van der Waals surface area contributed by atoms with Crippen molar-refractivity contribution in [2.24, 2.45) is 0 Å². The van der Waals surface area contributed by atoms with Crippen molar-refractivity contribution in [2.45, 2.75) is 25.9 Å². The maximum Gasteiger partial charge on any atom is 0.341 e. The second-order valence-electron chi connectivity index (χ2n) is 6.10. The first-order valence-corrected chi connectivity index (χ1v) is 8.01. The van der Waals surface area contributed by atoms with Gasteiger partial charge in [-0.15, -0.1) is 0 Å². The van der Waals surface area contributed by atoms with E-state index in [1.807, 2.05) is 19.9 Å². The molecule has 1 aliphatic rings. The molecule has 1 aliphatic heterocycles. The topological polar surface area (TPSA) is 64.6 Å². The average molecular weight is 361 g/mol. The number of ether oxygens (including phenoxy) is 2. The maximum atomic E-state index is 13.8. The van der Waals surface area contributed by atoms with E-state index in [2.05, 4.69) is 10.1 Å². The highest BCUT2D eigenvalue weighted by Gasteiger charge is 2.31. The highest BCUT2D eigenvalue weighted by molar-refractivity contribution is 6.07. The van der Waals surface area contributed by atoms with Gasteiger partial charge in [-0.25, -0.2) is 13.6 Å². The second kappa shape index (κ2) is 6.74. The predicted molar refractivity (Wildman–Crippen MR) is 90.6 cm³/mol. The lowest BCUT2D eigenvalue weighted by Crippen LogP contribution is -2.15. The minimum absolute atomic E-state index is 0.0639. The monoisotopic (exact) mass is 361 g/mol. The fourth-order valence-electron chi connectivity index (χ4n) is 2.88. The number of carbonyl (C=O) groups excluding carboxylic acids is 2. The number of nitrogens with one attached hydrogen (secondary N) is 1. The van der Waals surface area contributed by atoms with Gasteiger partial charge in [0.2, 0.25) is 0 Å². The van der Waals surface area contributed by atoms with Gasteiger partial charge in [-0.1, -0.05) is 19.1 Å². The lowest BCUT2D eigenvalue weighted by Gasteiger charge is -2.11. The van der Waals surface area contributed by atoms with E-state index in [0.717, 1.165) is 24.8 Å². The van der Waals surface area contributed by atoms with Crippen molar-refractivity contribution in [3.05, 3.63) is 58.7 Å². The van der Waals surface area contributed by atoms with Gasteiger partial charge in [-0.05, 0) is 19.1 Å². The average Bonchev–Trinajstić information content (AvgIpc) is 2.91. The molecule has 136 valence electrons. The summed E-state index contributed by atoms with van der Waals surface area (Å²) in [6.45, 7) is 3.90. The minimum Gasteiger partial charge on any atom is -0.489 e. The smallest absolute Gasteiger partial charge is 0.341 e. The Labute approximate surface area is 148 Å². The predicted octanol–water partition coefficient (Wildman–Crippen LogP) is 3.89. The lowest BCUT2D eigenvalue weighted by atomic mass is 9.97. The Kier molecular flexibility index (Phi) is 4.63. The van der Waals surface area contributed by atoms with Crippen molar-refractivity contribution in [1.82, 2.24) is 0 Å². The molecule has 0 saturated carbocycles. The van der Waals surface area contributed by atoms with Crippen LogP contribution >= 0.6 is 0 Å². The highest BCUT2D eigenvalue weighted by Crippen LogP contribution is 2.40. The Balaban J connectivity index is 1.93. The van der Waals surface area contributed by atoms with Crippen LogP contribution in [0, 0.1) is 11.6 Å². The number of halogens is 2. The van der Waals surface area contributed by atoms with Crippen LogP contribution in [0.2, 0.25) is 0 Å². The number of para-hydroxylation sites is 1. The van der Waals surface area contributed by atoms with Crippen molar-refractivity contribution >= 4 is 17.6 Å². The van der Waals surface area contributed by atoms with Crippen LogP contribution in [0.25, 0.3) is 0 Å². The zero-order valence-corrected chi connectivity index (χ0v) is 14.4. The number of methoxy groups -OCH3 is 1. The van der Waals surface area contributed by atoms with Crippen LogP contribution in [0.4, 0.5) is 14.5 Å². The molecular weight excluding hydrogens is 344 g/mol. The summed E-state index contributed by atoms with van der Waals surface area (Å²) in [6.07, 6.45) is -0.0758. The first-order chi connectivity index (χ1) is 12.3. The van der Waals surface area contributed by atoms with Crippen LogP contribution in [0.15, 0.2) is 30.3 Å². The molecule has 1 amide bonds. The molecule has 0 bridgehead atoms. The van der Waals surface area contributed by atoms with E-state index in [4.69, 9.17) is 4.74 Å². The van der Waals surface area contributed by atoms with E-state index < -0.39 is 29.1 Å². The minimum atomic E-state index is -1.33. The molecule has 0 spiro atoms. The number of amides is 1. The number of fused-ring (bicyclic) bond motifs is 1. The van der Waals surface area contributed by atoms with Crippen LogP contribution in [-0.2, 0) is 4.74 Å². The molecule has 0 aliphatic carbocycles. The lowest BCUT2D eigenvalue weighted by molar-refractivity contribution is 0.0594. The number of benzene rings is 2. The fraction of sp³-hybridized carbons (Fsp3) is 0.263. The number of hydrogen-bond acceptors (Lipinski definition) is 4. The van der Waals surface area contributed by atoms with Crippen molar-refractivity contribution in [1.29, 1.82) is 0 Å². The molecule has 2 atom stereocenters. The van der Waals surface area contributed by atoms with Crippen LogP contribution in [0.5, 0.6) is 5.75 Å². The zero-order chi connectivity index (χ0) is 19.0. The Hall–Kier alpha value is -2.96. The molecule has 2 aromatic carbocycles. The SMILES string of the molecule is COC(=O)c1cc(NC(=O)c2cccc3c2O[C@@H](C)[C@@H]3C)cc(F)c1F. The molecule has 0 radical (unpaired) electrons. The van der Waals surface area contributed by atoms with Gasteiger partial charge in [-0.2, -0.15) is 0 Å². The van der Waals surface area contributed by atoms with E-state index in [-0.39, 0.29) is 23.3 Å². The molecular formula is C19H17F2NO4. The number of hydrogen-bond donors (Lipinski definition) is 1. The van der Waals surface area contributed by atoms with Gasteiger partial charge in [0.05, 0.1) is 12.7 Å². The van der Waals surface area contributed by atoms with E-state index in [0.29, 0.717) is 5.75 Å². The number of anilines is 1. The summed E-state index contributed by atoms with van der Waals surface area (Å²) < 4.78 is 37.7. The molecule has 0 fully saturated rings. The molecule has 3 rings (SSSR count). The molecule has 2 aromatic rings. The summed E-state index contributed by atoms with van der Waals surface area (Å²) in [5.41, 5.74) is 0.527. The second-order valence-corrected chi connectivity index (χ2v) is 6.10. The summed E-state index contributed by atoms with van der Waals surface area (Å²) >= 11 is 0. The number of carbonyl (C=O) groups is 2. The fourth-order valence-corrected chi connectivity index (χ4v) is 2.88. The Morgan fingerprint density at radius 3 is 2.58 bits per heavy atom. The van der Waals surface area contributed by atoms with Crippen molar-refractivity contribution in [3.63, 3.8) is 0 Å². The largest absolute Gasteiger partial charge is 0.489 e. The Morgan fingerprint density at radius 1 is 1.15 bits per heavy atom. The van der Waals surface area contributed by atoms with Gasteiger partial charge in [-0.3, -0.25) is 4.79 Å². The van der Waals surface area contributed by atoms with E-state index in [1.165, 1.54) is 0 Å². The first-order valence-electron chi connectivity index (χ1n) is 8.01. The number of esters is 1. The number of rotatable bonds is 3. The summed E-state index contributed by atoms with van der Waals surface area (Å²) in [4.78, 5) is 24.2. The summed E-state index contributed by atoms with van der Waals surface area (Å²) in [7, 11) is 1.05. The Morgan fingerprint density at radius 2 is 1.88 bits per heavy atom. The van der Waals surface area contributed by atoms with Crippen LogP contribution in [-0.4, -0.2) is 25.1 Å². The van der Waals surface area contributed by atoms with Crippen molar-refractivity contribution < 1.29 is 27.8 Å². The summed E-state index contributed by atoms with van der Waals surface area (Å²) in [5, 5.41) is 2.47. The quantitative estimate of drug-likeness (QED) is 0.843. The van der Waals surface area contributed by atoms with E-state index in [1.54, 1.807) is 12.1 Å². The van der Waals surface area contributed by atoms with Gasteiger partial charge in [0, 0.05) is 23.2 Å².